The van der Waals surface area contributed by atoms with E-state index < -0.39 is 17.8 Å². The zero-order valence-corrected chi connectivity index (χ0v) is 18.5. The summed E-state index contributed by atoms with van der Waals surface area (Å²) in [6.07, 6.45) is 9.83. The molecule has 0 N–H and O–H groups in total. The third-order valence-corrected chi connectivity index (χ3v) is 7.24. The first-order valence-electron chi connectivity index (χ1n) is 11.9. The minimum Gasteiger partial charge on any atom is -0.493 e. The lowest BCUT2D eigenvalue weighted by Crippen LogP contribution is -2.27. The van der Waals surface area contributed by atoms with E-state index in [0.29, 0.717) is 12.5 Å². The van der Waals surface area contributed by atoms with Crippen LogP contribution >= 0.6 is 0 Å². The third-order valence-electron chi connectivity index (χ3n) is 7.24. The molecule has 2 nitrogen and oxygen atoms in total. The van der Waals surface area contributed by atoms with Crippen LogP contribution in [0.2, 0.25) is 0 Å². The maximum absolute atomic E-state index is 14.4. The molecule has 0 atom stereocenters. The molecule has 0 radical (unpaired) electrons. The van der Waals surface area contributed by atoms with Crippen molar-refractivity contribution in [1.82, 2.24) is 0 Å². The summed E-state index contributed by atoms with van der Waals surface area (Å²) in [6.45, 7) is 4.58. The highest BCUT2D eigenvalue weighted by Crippen LogP contribution is 2.43. The summed E-state index contributed by atoms with van der Waals surface area (Å²) in [5, 5.41) is 0. The fraction of sp³-hybridized carbons (Fsp3) is 0.760. The SMILES string of the molecule is CCCC1CCC(C2CCC(COc3ccc(OCC)c(F)c3C(F)F)CC2)CC1. The quantitative estimate of drug-likeness (QED) is 0.399. The highest BCUT2D eigenvalue weighted by atomic mass is 19.3. The summed E-state index contributed by atoms with van der Waals surface area (Å²) in [5.74, 6) is 1.77. The van der Waals surface area contributed by atoms with Crippen LogP contribution in [0.25, 0.3) is 0 Å². The molecule has 1 aromatic rings. The number of hydrogen-bond acceptors (Lipinski definition) is 2. The first kappa shape index (κ1) is 23.3. The molecule has 2 aliphatic carbocycles. The molecule has 2 saturated carbocycles. The Morgan fingerprint density at radius 1 is 0.833 bits per heavy atom. The average Bonchev–Trinajstić information content (AvgIpc) is 2.75. The minimum absolute atomic E-state index is 0.0534. The largest absolute Gasteiger partial charge is 0.493 e. The van der Waals surface area contributed by atoms with Crippen molar-refractivity contribution in [2.24, 2.45) is 23.7 Å². The van der Waals surface area contributed by atoms with Crippen LogP contribution in [-0.2, 0) is 0 Å². The zero-order valence-electron chi connectivity index (χ0n) is 18.5. The first-order valence-corrected chi connectivity index (χ1v) is 11.9. The molecule has 30 heavy (non-hydrogen) atoms. The topological polar surface area (TPSA) is 18.5 Å². The van der Waals surface area contributed by atoms with Crippen LogP contribution in [-0.4, -0.2) is 13.2 Å². The van der Waals surface area contributed by atoms with E-state index in [0.717, 1.165) is 30.6 Å². The lowest BCUT2D eigenvalue weighted by Gasteiger charge is -2.37. The molecule has 0 saturated heterocycles. The van der Waals surface area contributed by atoms with Gasteiger partial charge in [0.2, 0.25) is 0 Å². The Hall–Kier alpha value is -1.39. The molecule has 0 aromatic heterocycles. The fourth-order valence-electron chi connectivity index (χ4n) is 5.54. The molecule has 3 rings (SSSR count). The number of alkyl halides is 2. The Morgan fingerprint density at radius 3 is 1.93 bits per heavy atom. The van der Waals surface area contributed by atoms with Gasteiger partial charge in [0.25, 0.3) is 6.43 Å². The molecule has 0 aliphatic heterocycles. The molecule has 170 valence electrons. The molecular formula is C25H37F3O2. The van der Waals surface area contributed by atoms with Crippen molar-refractivity contribution in [3.05, 3.63) is 23.5 Å². The van der Waals surface area contributed by atoms with Crippen LogP contribution in [0.15, 0.2) is 12.1 Å². The highest BCUT2D eigenvalue weighted by Gasteiger charge is 2.31. The Balaban J connectivity index is 1.49. The van der Waals surface area contributed by atoms with E-state index in [2.05, 4.69) is 6.92 Å². The fourth-order valence-corrected chi connectivity index (χ4v) is 5.54. The summed E-state index contributed by atoms with van der Waals surface area (Å²) in [7, 11) is 0. The van der Waals surface area contributed by atoms with Gasteiger partial charge in [-0.15, -0.1) is 0 Å². The molecule has 2 fully saturated rings. The van der Waals surface area contributed by atoms with E-state index in [1.54, 1.807) is 6.92 Å². The summed E-state index contributed by atoms with van der Waals surface area (Å²) in [4.78, 5) is 0. The lowest BCUT2D eigenvalue weighted by atomic mass is 9.69. The van der Waals surface area contributed by atoms with Crippen LogP contribution in [0.5, 0.6) is 11.5 Å². The van der Waals surface area contributed by atoms with Crippen molar-refractivity contribution in [1.29, 1.82) is 0 Å². The van der Waals surface area contributed by atoms with E-state index in [-0.39, 0.29) is 18.1 Å². The zero-order chi connectivity index (χ0) is 21.5. The minimum atomic E-state index is -2.93. The lowest BCUT2D eigenvalue weighted by molar-refractivity contribution is 0.114. The van der Waals surface area contributed by atoms with Crippen molar-refractivity contribution in [2.75, 3.05) is 13.2 Å². The van der Waals surface area contributed by atoms with Gasteiger partial charge in [-0.25, -0.2) is 13.2 Å². The predicted octanol–water partition coefficient (Wildman–Crippen LogP) is 7.95. The summed E-state index contributed by atoms with van der Waals surface area (Å²) < 4.78 is 52.0. The molecule has 0 amide bonds. The molecule has 0 spiro atoms. The Labute approximate surface area is 179 Å². The number of halogens is 3. The number of rotatable bonds is 9. The second-order valence-electron chi connectivity index (χ2n) is 9.18. The standard InChI is InChI=1S/C25H37F3O2/c1-3-5-17-6-10-19(11-7-17)20-12-8-18(9-13-20)16-30-21-14-15-22(29-4-2)24(26)23(21)25(27)28/h14-15,17-20,25H,3-13,16H2,1-2H3. The monoisotopic (exact) mass is 426 g/mol. The van der Waals surface area contributed by atoms with Crippen LogP contribution in [0.1, 0.15) is 90.0 Å². The normalized spacial score (nSPS) is 27.3. The number of hydrogen-bond donors (Lipinski definition) is 0. The maximum Gasteiger partial charge on any atom is 0.270 e. The van der Waals surface area contributed by atoms with Crippen molar-refractivity contribution in [3.63, 3.8) is 0 Å². The molecule has 0 bridgehead atoms. The summed E-state index contributed by atoms with van der Waals surface area (Å²) in [6, 6.07) is 2.79. The van der Waals surface area contributed by atoms with Crippen molar-refractivity contribution < 1.29 is 22.6 Å². The van der Waals surface area contributed by atoms with Crippen LogP contribution in [0.4, 0.5) is 13.2 Å². The van der Waals surface area contributed by atoms with E-state index in [1.807, 2.05) is 0 Å². The highest BCUT2D eigenvalue weighted by molar-refractivity contribution is 5.42. The average molecular weight is 427 g/mol. The number of ether oxygens (including phenoxy) is 2. The smallest absolute Gasteiger partial charge is 0.270 e. The van der Waals surface area contributed by atoms with Crippen LogP contribution in [0.3, 0.4) is 0 Å². The van der Waals surface area contributed by atoms with Gasteiger partial charge in [0.05, 0.1) is 18.8 Å². The second kappa shape index (κ2) is 11.3. The molecule has 1 aromatic carbocycles. The summed E-state index contributed by atoms with van der Waals surface area (Å²) >= 11 is 0. The van der Waals surface area contributed by atoms with Crippen LogP contribution in [0, 0.1) is 29.5 Å². The van der Waals surface area contributed by atoms with E-state index in [1.165, 1.54) is 63.5 Å². The molecule has 0 heterocycles. The van der Waals surface area contributed by atoms with Gasteiger partial charge in [-0.3, -0.25) is 0 Å². The van der Waals surface area contributed by atoms with Crippen molar-refractivity contribution in [3.8, 4) is 11.5 Å². The van der Waals surface area contributed by atoms with Gasteiger partial charge in [-0.2, -0.15) is 0 Å². The van der Waals surface area contributed by atoms with E-state index >= 15 is 0 Å². The maximum atomic E-state index is 14.4. The Morgan fingerprint density at radius 2 is 1.40 bits per heavy atom. The third kappa shape index (κ3) is 5.85. The van der Waals surface area contributed by atoms with Crippen molar-refractivity contribution >= 4 is 0 Å². The van der Waals surface area contributed by atoms with E-state index in [9.17, 15) is 13.2 Å². The summed E-state index contributed by atoms with van der Waals surface area (Å²) in [5.41, 5.74) is -0.682. The van der Waals surface area contributed by atoms with Gasteiger partial charge in [-0.05, 0) is 81.3 Å². The van der Waals surface area contributed by atoms with Gasteiger partial charge in [0, 0.05) is 0 Å². The van der Waals surface area contributed by atoms with Crippen molar-refractivity contribution in [2.45, 2.75) is 84.5 Å². The molecule has 2 aliphatic rings. The van der Waals surface area contributed by atoms with E-state index in [4.69, 9.17) is 9.47 Å². The molecule has 5 heteroatoms. The van der Waals surface area contributed by atoms with Crippen LogP contribution < -0.4 is 9.47 Å². The molecular weight excluding hydrogens is 389 g/mol. The second-order valence-corrected chi connectivity index (χ2v) is 9.18. The van der Waals surface area contributed by atoms with Gasteiger partial charge in [0.1, 0.15) is 5.75 Å². The molecule has 0 unspecified atom stereocenters. The number of benzene rings is 1. The first-order chi connectivity index (χ1) is 14.5. The van der Waals surface area contributed by atoms with Gasteiger partial charge in [-0.1, -0.05) is 32.6 Å². The van der Waals surface area contributed by atoms with Gasteiger partial charge < -0.3 is 9.47 Å². The predicted molar refractivity (Wildman–Crippen MR) is 114 cm³/mol. The van der Waals surface area contributed by atoms with Gasteiger partial charge >= 0.3 is 0 Å². The van der Waals surface area contributed by atoms with Gasteiger partial charge in [0.15, 0.2) is 11.6 Å². The Bertz CT molecular complexity index is 648. The Kier molecular flexibility index (Phi) is 8.76.